The number of benzene rings is 8. The average molecular weight is 1140 g/mol. The molecule has 8 aromatic rings. The smallest absolute Gasteiger partial charge is 0.161 e. The summed E-state index contributed by atoms with van der Waals surface area (Å²) in [6, 6.07) is 72.4. The molecule has 16 heteroatoms. The zero-order valence-electron chi connectivity index (χ0n) is 45.2. The van der Waals surface area contributed by atoms with Crippen molar-refractivity contribution in [1.29, 1.82) is 21.0 Å². The minimum atomic E-state index is -1.35. The molecule has 82 heavy (non-hydrogen) atoms. The van der Waals surface area contributed by atoms with E-state index in [0.29, 0.717) is 61.0 Å². The fourth-order valence-electron chi connectivity index (χ4n) is 7.76. The van der Waals surface area contributed by atoms with Crippen molar-refractivity contribution >= 4 is 23.2 Å². The van der Waals surface area contributed by atoms with Crippen molar-refractivity contribution in [3.63, 3.8) is 0 Å². The van der Waals surface area contributed by atoms with Crippen LogP contribution < -0.4 is 28.4 Å². The maximum absolute atomic E-state index is 10.7. The van der Waals surface area contributed by atoms with Crippen LogP contribution >= 0.6 is 23.2 Å². The van der Waals surface area contributed by atoms with Crippen LogP contribution in [0.25, 0.3) is 0 Å². The maximum Gasteiger partial charge on any atom is 0.161 e. The molecule has 14 nitrogen and oxygen atoms in total. The van der Waals surface area contributed by atoms with Gasteiger partial charge in [-0.25, -0.2) is 0 Å². The molecule has 8 aromatic carbocycles. The molecule has 4 unspecified atom stereocenters. The molecule has 0 aliphatic carbocycles. The van der Waals surface area contributed by atoms with E-state index in [1.165, 1.54) is 0 Å². The van der Waals surface area contributed by atoms with Gasteiger partial charge in [0.25, 0.3) is 0 Å². The third-order valence-electron chi connectivity index (χ3n) is 12.4. The van der Waals surface area contributed by atoms with Crippen LogP contribution in [0.4, 0.5) is 0 Å². The highest BCUT2D eigenvalue weighted by Gasteiger charge is 2.33. The summed E-state index contributed by atoms with van der Waals surface area (Å²) in [5.74, 6) is 3.56. The second-order valence-corrected chi connectivity index (χ2v) is 19.1. The van der Waals surface area contributed by atoms with E-state index in [9.17, 15) is 20.4 Å². The molecule has 0 amide bonds. The molecular formula is C66H62Cl2N4O10. The molecule has 0 heterocycles. The third-order valence-corrected chi connectivity index (χ3v) is 13.0. The largest absolute Gasteiger partial charge is 0.497 e. The van der Waals surface area contributed by atoms with E-state index in [1.54, 1.807) is 148 Å². The number of methoxy groups -OCH3 is 2. The molecule has 0 spiro atoms. The predicted octanol–water partition coefficient (Wildman–Crippen LogP) is 12.8. The van der Waals surface area contributed by atoms with E-state index in [1.807, 2.05) is 109 Å². The number of nitrogens with zero attached hydrogens (tertiary/aromatic N) is 4. The van der Waals surface area contributed by atoms with Gasteiger partial charge in [0.05, 0.1) is 69.2 Å². The highest BCUT2D eigenvalue weighted by Crippen LogP contribution is 2.33. The molecule has 0 aliphatic rings. The third kappa shape index (κ3) is 19.6. The van der Waals surface area contributed by atoms with Gasteiger partial charge in [-0.15, -0.1) is 0 Å². The van der Waals surface area contributed by atoms with Gasteiger partial charge in [-0.1, -0.05) is 169 Å². The van der Waals surface area contributed by atoms with Crippen LogP contribution in [-0.2, 0) is 22.4 Å². The first-order valence-electron chi connectivity index (χ1n) is 25.5. The molecule has 0 saturated carbocycles. The summed E-state index contributed by atoms with van der Waals surface area (Å²) in [4.78, 5) is 0. The summed E-state index contributed by atoms with van der Waals surface area (Å²) in [7, 11) is 3.15. The van der Waals surface area contributed by atoms with Crippen LogP contribution in [0.15, 0.2) is 218 Å². The van der Waals surface area contributed by atoms with E-state index < -0.39 is 22.4 Å². The molecule has 8 rings (SSSR count). The van der Waals surface area contributed by atoms with Gasteiger partial charge in [-0.3, -0.25) is 0 Å². The molecule has 420 valence electrons. The van der Waals surface area contributed by atoms with Crippen LogP contribution in [0.1, 0.15) is 47.9 Å². The van der Waals surface area contributed by atoms with Gasteiger partial charge in [-0.05, 0) is 95.1 Å². The Morgan fingerprint density at radius 2 is 0.610 bits per heavy atom. The first-order chi connectivity index (χ1) is 39.7. The van der Waals surface area contributed by atoms with Crippen LogP contribution in [0.3, 0.4) is 0 Å². The molecule has 0 bridgehead atoms. The van der Waals surface area contributed by atoms with Crippen LogP contribution in [0.2, 0.25) is 10.0 Å². The van der Waals surface area contributed by atoms with Crippen molar-refractivity contribution in [3.05, 3.63) is 251 Å². The maximum atomic E-state index is 10.7. The van der Waals surface area contributed by atoms with Crippen molar-refractivity contribution < 1.29 is 48.8 Å². The van der Waals surface area contributed by atoms with Gasteiger partial charge in [0, 0.05) is 5.02 Å². The number of hydrogen-bond acceptors (Lipinski definition) is 14. The molecule has 0 radical (unpaired) electrons. The van der Waals surface area contributed by atoms with Gasteiger partial charge in [0.15, 0.2) is 11.5 Å². The molecule has 4 atom stereocenters. The summed E-state index contributed by atoms with van der Waals surface area (Å²) in [5, 5.41) is 79.5. The van der Waals surface area contributed by atoms with E-state index in [2.05, 4.69) is 0 Å². The second kappa shape index (κ2) is 32.9. The van der Waals surface area contributed by atoms with Crippen LogP contribution in [0.5, 0.6) is 34.5 Å². The first-order valence-corrected chi connectivity index (χ1v) is 26.3. The van der Waals surface area contributed by atoms with Crippen molar-refractivity contribution in [2.24, 2.45) is 0 Å². The SMILES string of the molecule is COc1ccc(OCC(O)(CC#N)c2ccccc2)cc1.COc1ccccc1OCC(O)(CC#N)c1ccccc1.N#CCC(O)(COc1ccc(Cl)cc1)c1ccccc1.N#CCC(O)(COc1ccccc1Cl)c1ccccc1. The molecule has 4 N–H and O–H groups in total. The Bertz CT molecular complexity index is 3330. The van der Waals surface area contributed by atoms with Gasteiger partial charge >= 0.3 is 0 Å². The molecule has 0 saturated heterocycles. The molecule has 0 aliphatic heterocycles. The predicted molar refractivity (Wildman–Crippen MR) is 313 cm³/mol. The molecule has 0 fully saturated rings. The summed E-state index contributed by atoms with van der Waals surface area (Å²) < 4.78 is 32.7. The lowest BCUT2D eigenvalue weighted by atomic mass is 9.92. The quantitative estimate of drug-likeness (QED) is 0.0495. The summed E-state index contributed by atoms with van der Waals surface area (Å²) >= 11 is 11.8. The number of halogens is 2. The topological polar surface area (TPSA) is 231 Å². The summed E-state index contributed by atoms with van der Waals surface area (Å²) in [6.45, 7) is -0.0393. The van der Waals surface area contributed by atoms with Gasteiger partial charge in [-0.2, -0.15) is 21.0 Å². The van der Waals surface area contributed by atoms with Crippen molar-refractivity contribution in [3.8, 4) is 58.8 Å². The highest BCUT2D eigenvalue weighted by molar-refractivity contribution is 6.32. The van der Waals surface area contributed by atoms with Crippen LogP contribution in [0, 0.1) is 45.3 Å². The normalized spacial score (nSPS) is 13.1. The Morgan fingerprint density at radius 3 is 0.939 bits per heavy atom. The summed E-state index contributed by atoms with van der Waals surface area (Å²) in [5.41, 5.74) is -2.72. The zero-order chi connectivity index (χ0) is 59.1. The van der Waals surface area contributed by atoms with Crippen molar-refractivity contribution in [2.75, 3.05) is 40.6 Å². The van der Waals surface area contributed by atoms with Gasteiger partial charge in [0.1, 0.15) is 71.8 Å². The molecular weight excluding hydrogens is 1080 g/mol. The van der Waals surface area contributed by atoms with Gasteiger partial charge in [0.2, 0.25) is 0 Å². The zero-order valence-corrected chi connectivity index (χ0v) is 46.7. The Balaban J connectivity index is 0.000000200. The second-order valence-electron chi connectivity index (χ2n) is 18.3. The number of aliphatic hydroxyl groups is 4. The fraction of sp³-hybridized carbons (Fsp3) is 0.212. The number of para-hydroxylation sites is 3. The van der Waals surface area contributed by atoms with Crippen molar-refractivity contribution in [2.45, 2.75) is 48.1 Å². The fourth-order valence-corrected chi connectivity index (χ4v) is 8.08. The minimum absolute atomic E-state index is 0.00616. The van der Waals surface area contributed by atoms with E-state index in [-0.39, 0.29) is 52.1 Å². The minimum Gasteiger partial charge on any atom is -0.497 e. The van der Waals surface area contributed by atoms with E-state index in [0.717, 1.165) is 5.75 Å². The standard InChI is InChI=1S/2C17H17NO3.2C16H14ClNO2/c1-20-15-9-5-6-10-16(15)21-13-17(19,11-12-18)14-7-3-2-4-8-14;1-20-15-7-9-16(10-8-15)21-13-17(19,11-12-18)14-5-3-2-4-6-14;17-14-8-4-5-9-15(14)20-12-16(19,10-11-18)13-6-2-1-3-7-13;17-14-6-8-15(9-7-14)20-12-16(19,10-11-18)13-4-2-1-3-5-13/h2*2-10,19H,11,13H2,1H3;2*1-9,19H,10,12H2. The van der Waals surface area contributed by atoms with Gasteiger partial charge < -0.3 is 48.8 Å². The Labute approximate surface area is 488 Å². The lowest BCUT2D eigenvalue weighted by Gasteiger charge is -2.26. The lowest BCUT2D eigenvalue weighted by molar-refractivity contribution is -0.00629. The lowest BCUT2D eigenvalue weighted by Crippen LogP contribution is -2.32. The number of rotatable bonds is 22. The number of hydrogen-bond donors (Lipinski definition) is 4. The average Bonchev–Trinajstić information content (AvgIpc) is 3.58. The number of ether oxygens (including phenoxy) is 6. The number of nitriles is 4. The van der Waals surface area contributed by atoms with Crippen molar-refractivity contribution in [1.82, 2.24) is 0 Å². The first kappa shape index (κ1) is 63.8. The van der Waals surface area contributed by atoms with E-state index in [4.69, 9.17) is 72.7 Å². The Hall–Kier alpha value is -9.06. The van der Waals surface area contributed by atoms with Crippen LogP contribution in [-0.4, -0.2) is 61.1 Å². The molecule has 0 aromatic heterocycles. The monoisotopic (exact) mass is 1140 g/mol. The Kier molecular flexibility index (Phi) is 25.6. The Morgan fingerprint density at radius 1 is 0.329 bits per heavy atom. The highest BCUT2D eigenvalue weighted by atomic mass is 35.5. The van der Waals surface area contributed by atoms with E-state index >= 15 is 0 Å². The summed E-state index contributed by atoms with van der Waals surface area (Å²) in [6.07, 6.45) is -0.175.